The van der Waals surface area contributed by atoms with Gasteiger partial charge in [0.1, 0.15) is 0 Å². The van der Waals surface area contributed by atoms with Gasteiger partial charge in [-0.15, -0.1) is 0 Å². The van der Waals surface area contributed by atoms with Gasteiger partial charge in [-0.1, -0.05) is 0 Å². The van der Waals surface area contributed by atoms with Gasteiger partial charge in [-0.3, -0.25) is 4.79 Å². The Balaban J connectivity index is 1.93. The second-order valence-corrected chi connectivity index (χ2v) is 3.54. The van der Waals surface area contributed by atoms with Crippen molar-refractivity contribution in [3.8, 4) is 0 Å². The highest BCUT2D eigenvalue weighted by Gasteiger charge is 2.21. The molecule has 13 heavy (non-hydrogen) atoms. The maximum atomic E-state index is 11.0. The minimum Gasteiger partial charge on any atom is -0.379 e. The molecule has 1 aliphatic carbocycles. The van der Waals surface area contributed by atoms with Gasteiger partial charge in [0.2, 0.25) is 5.91 Å². The van der Waals surface area contributed by atoms with Crippen LogP contribution in [-0.2, 0) is 9.53 Å². The molecule has 0 bridgehead atoms. The molecule has 0 aromatic rings. The average molecular weight is 186 g/mol. The Morgan fingerprint density at radius 1 is 1.62 bits per heavy atom. The monoisotopic (exact) mass is 186 g/mol. The summed E-state index contributed by atoms with van der Waals surface area (Å²) in [6, 6.07) is 0. The molecule has 76 valence electrons. The molecule has 0 radical (unpaired) electrons. The molecule has 0 heterocycles. The first kappa shape index (κ1) is 10.5. The van der Waals surface area contributed by atoms with Crippen LogP contribution in [0.5, 0.6) is 0 Å². The highest BCUT2D eigenvalue weighted by Crippen LogP contribution is 2.28. The van der Waals surface area contributed by atoms with Crippen LogP contribution in [0.25, 0.3) is 0 Å². The molecule has 2 N–H and O–H groups in total. The van der Waals surface area contributed by atoms with E-state index >= 15 is 0 Å². The predicted octanol–water partition coefficient (Wildman–Crippen LogP) is -0.170. The number of nitrogens with two attached hydrogens (primary N) is 1. The average Bonchev–Trinajstić information content (AvgIpc) is 2.94. The summed E-state index contributed by atoms with van der Waals surface area (Å²) in [5, 5.41) is 0. The predicted molar refractivity (Wildman–Crippen MR) is 50.2 cm³/mol. The van der Waals surface area contributed by atoms with Gasteiger partial charge in [-0.05, 0) is 18.8 Å². The topological polar surface area (TPSA) is 55.6 Å². The summed E-state index contributed by atoms with van der Waals surface area (Å²) in [5.41, 5.74) is 5.20. The van der Waals surface area contributed by atoms with E-state index in [1.165, 1.54) is 12.8 Å². The van der Waals surface area contributed by atoms with E-state index in [4.69, 9.17) is 10.5 Å². The molecule has 4 heteroatoms. The Labute approximate surface area is 79.0 Å². The second-order valence-electron chi connectivity index (χ2n) is 3.54. The summed E-state index contributed by atoms with van der Waals surface area (Å²) in [4.78, 5) is 12.6. The minimum absolute atomic E-state index is 0.0324. The van der Waals surface area contributed by atoms with E-state index in [0.29, 0.717) is 13.2 Å². The van der Waals surface area contributed by atoms with Gasteiger partial charge >= 0.3 is 0 Å². The van der Waals surface area contributed by atoms with E-state index in [9.17, 15) is 4.79 Å². The molecule has 0 atom stereocenters. The van der Waals surface area contributed by atoms with Gasteiger partial charge in [0.05, 0.1) is 13.2 Å². The Hall–Kier alpha value is -0.610. The van der Waals surface area contributed by atoms with Gasteiger partial charge in [-0.25, -0.2) is 0 Å². The lowest BCUT2D eigenvalue weighted by Crippen LogP contribution is -2.35. The summed E-state index contributed by atoms with van der Waals surface area (Å²) in [7, 11) is 1.75. The van der Waals surface area contributed by atoms with Crippen molar-refractivity contribution >= 4 is 5.91 Å². The van der Waals surface area contributed by atoms with Gasteiger partial charge in [0, 0.05) is 20.2 Å². The first-order valence-electron chi connectivity index (χ1n) is 4.76. The molecular weight excluding hydrogens is 168 g/mol. The lowest BCUT2D eigenvalue weighted by molar-refractivity contribution is -0.129. The third-order valence-corrected chi connectivity index (χ3v) is 2.22. The highest BCUT2D eigenvalue weighted by atomic mass is 16.5. The van der Waals surface area contributed by atoms with E-state index < -0.39 is 0 Å². The zero-order valence-electron chi connectivity index (χ0n) is 8.16. The summed E-state index contributed by atoms with van der Waals surface area (Å²) in [6.45, 7) is 2.20. The Morgan fingerprint density at radius 3 is 2.85 bits per heavy atom. The fourth-order valence-corrected chi connectivity index (χ4v) is 1.02. The first-order chi connectivity index (χ1) is 6.24. The molecule has 1 aliphatic rings. The van der Waals surface area contributed by atoms with Crippen LogP contribution < -0.4 is 5.73 Å². The molecule has 0 aromatic heterocycles. The van der Waals surface area contributed by atoms with Crippen molar-refractivity contribution in [3.63, 3.8) is 0 Å². The van der Waals surface area contributed by atoms with Crippen molar-refractivity contribution in [2.24, 2.45) is 11.7 Å². The number of ether oxygens (including phenoxy) is 1. The van der Waals surface area contributed by atoms with Gasteiger partial charge in [-0.2, -0.15) is 0 Å². The molecule has 0 aliphatic heterocycles. The standard InChI is InChI=1S/C9H18N2O2/c1-11(9(12)6-10)4-5-13-7-8-2-3-8/h8H,2-7,10H2,1H3. The van der Waals surface area contributed by atoms with Gasteiger partial charge in [0.15, 0.2) is 0 Å². The lowest BCUT2D eigenvalue weighted by atomic mass is 10.4. The summed E-state index contributed by atoms with van der Waals surface area (Å²) in [6.07, 6.45) is 2.61. The largest absolute Gasteiger partial charge is 0.379 e. The first-order valence-corrected chi connectivity index (χ1v) is 4.76. The number of nitrogens with zero attached hydrogens (tertiary/aromatic N) is 1. The molecule has 1 amide bonds. The normalized spacial score (nSPS) is 15.8. The van der Waals surface area contributed by atoms with Gasteiger partial charge in [0.25, 0.3) is 0 Å². The van der Waals surface area contributed by atoms with Crippen molar-refractivity contribution in [1.29, 1.82) is 0 Å². The Morgan fingerprint density at radius 2 is 2.31 bits per heavy atom. The van der Waals surface area contributed by atoms with Crippen LogP contribution in [0.15, 0.2) is 0 Å². The molecule has 1 saturated carbocycles. The molecular formula is C9H18N2O2. The quantitative estimate of drug-likeness (QED) is 0.586. The number of carbonyl (C=O) groups excluding carboxylic acids is 1. The fourth-order valence-electron chi connectivity index (χ4n) is 1.02. The summed E-state index contributed by atoms with van der Waals surface area (Å²) < 4.78 is 5.39. The van der Waals surface area contributed by atoms with E-state index in [-0.39, 0.29) is 12.5 Å². The zero-order valence-corrected chi connectivity index (χ0v) is 8.16. The molecule has 0 saturated heterocycles. The third-order valence-electron chi connectivity index (χ3n) is 2.22. The van der Waals surface area contributed by atoms with Crippen LogP contribution in [0.3, 0.4) is 0 Å². The number of rotatable bonds is 6. The summed E-state index contributed by atoms with van der Waals surface area (Å²) in [5.74, 6) is 0.755. The maximum Gasteiger partial charge on any atom is 0.236 e. The molecule has 1 fully saturated rings. The number of hydrogen-bond donors (Lipinski definition) is 1. The van der Waals surface area contributed by atoms with Crippen LogP contribution in [-0.4, -0.2) is 44.2 Å². The van der Waals surface area contributed by atoms with Crippen molar-refractivity contribution in [1.82, 2.24) is 4.90 Å². The van der Waals surface area contributed by atoms with Crippen molar-refractivity contribution in [2.45, 2.75) is 12.8 Å². The van der Waals surface area contributed by atoms with Gasteiger partial charge < -0.3 is 15.4 Å². The van der Waals surface area contributed by atoms with Crippen LogP contribution in [0.4, 0.5) is 0 Å². The van der Waals surface area contributed by atoms with Crippen LogP contribution in [0.2, 0.25) is 0 Å². The van der Waals surface area contributed by atoms with E-state index in [2.05, 4.69) is 0 Å². The van der Waals surface area contributed by atoms with E-state index in [1.54, 1.807) is 11.9 Å². The Kier molecular flexibility index (Phi) is 4.18. The minimum atomic E-state index is -0.0324. The summed E-state index contributed by atoms with van der Waals surface area (Å²) >= 11 is 0. The van der Waals surface area contributed by atoms with Crippen LogP contribution >= 0.6 is 0 Å². The van der Waals surface area contributed by atoms with Crippen LogP contribution in [0.1, 0.15) is 12.8 Å². The SMILES string of the molecule is CN(CCOCC1CC1)C(=O)CN. The third kappa shape index (κ3) is 4.24. The smallest absolute Gasteiger partial charge is 0.236 e. The fraction of sp³-hybridized carbons (Fsp3) is 0.889. The molecule has 1 rings (SSSR count). The highest BCUT2D eigenvalue weighted by molar-refractivity contribution is 5.77. The Bertz CT molecular complexity index is 169. The van der Waals surface area contributed by atoms with E-state index in [0.717, 1.165) is 12.5 Å². The number of likely N-dealkylation sites (N-methyl/N-ethyl adjacent to an activating group) is 1. The number of carbonyl (C=O) groups is 1. The lowest BCUT2D eigenvalue weighted by Gasteiger charge is -2.15. The molecule has 0 unspecified atom stereocenters. The second kappa shape index (κ2) is 5.19. The molecule has 0 aromatic carbocycles. The van der Waals surface area contributed by atoms with Crippen molar-refractivity contribution < 1.29 is 9.53 Å². The number of amides is 1. The van der Waals surface area contributed by atoms with E-state index in [1.807, 2.05) is 0 Å². The number of hydrogen-bond acceptors (Lipinski definition) is 3. The molecule has 0 spiro atoms. The van der Waals surface area contributed by atoms with Crippen LogP contribution in [0, 0.1) is 5.92 Å². The van der Waals surface area contributed by atoms with Crippen molar-refractivity contribution in [3.05, 3.63) is 0 Å². The zero-order chi connectivity index (χ0) is 9.68. The van der Waals surface area contributed by atoms with Crippen molar-refractivity contribution in [2.75, 3.05) is 33.4 Å². The maximum absolute atomic E-state index is 11.0. The molecule has 4 nitrogen and oxygen atoms in total.